The Bertz CT molecular complexity index is 1770. The molecule has 2 aliphatic rings. The maximum atomic E-state index is 9.05. The molecule has 0 unspecified atom stereocenters. The molecule has 9 heteroatoms. The summed E-state index contributed by atoms with van der Waals surface area (Å²) in [5, 5.41) is 13.1. The summed E-state index contributed by atoms with van der Waals surface area (Å²) in [6.07, 6.45) is 3.64. The number of ether oxygens (including phenoxy) is 1. The average Bonchev–Trinajstić information content (AvgIpc) is 3.43. The van der Waals surface area contributed by atoms with Crippen LogP contribution in [0.2, 0.25) is 5.02 Å². The van der Waals surface area contributed by atoms with Gasteiger partial charge in [-0.15, -0.1) is 0 Å². The minimum atomic E-state index is 0.189. The van der Waals surface area contributed by atoms with Crippen molar-refractivity contribution in [3.63, 3.8) is 0 Å². The first-order valence-corrected chi connectivity index (χ1v) is 14.4. The van der Waals surface area contributed by atoms with Gasteiger partial charge in [-0.05, 0) is 36.6 Å². The van der Waals surface area contributed by atoms with Crippen molar-refractivity contribution in [1.82, 2.24) is 24.4 Å². The minimum Gasteiger partial charge on any atom is -0.472 e. The van der Waals surface area contributed by atoms with Crippen LogP contribution in [0.4, 0.5) is 5.82 Å². The van der Waals surface area contributed by atoms with E-state index in [0.29, 0.717) is 23.6 Å². The fraction of sp³-hybridized carbons (Fsp3) is 0.212. The highest BCUT2D eigenvalue weighted by molar-refractivity contribution is 6.33. The summed E-state index contributed by atoms with van der Waals surface area (Å²) >= 11 is 6.64. The zero-order valence-corrected chi connectivity index (χ0v) is 23.6. The molecule has 1 N–H and O–H groups in total. The van der Waals surface area contributed by atoms with Gasteiger partial charge in [-0.2, -0.15) is 5.26 Å². The normalized spacial score (nSPS) is 14.9. The fourth-order valence-corrected chi connectivity index (χ4v) is 6.05. The molecule has 1 fully saturated rings. The smallest absolute Gasteiger partial charge is 0.234 e. The molecule has 42 heavy (non-hydrogen) atoms. The first kappa shape index (κ1) is 26.2. The van der Waals surface area contributed by atoms with E-state index in [1.807, 2.05) is 48.5 Å². The number of benzene rings is 3. The highest BCUT2D eigenvalue weighted by atomic mass is 35.5. The number of hydrogen-bond acceptors (Lipinski definition) is 7. The Labute approximate surface area is 249 Å². The van der Waals surface area contributed by atoms with Crippen LogP contribution in [0.3, 0.4) is 0 Å². The number of rotatable bonds is 6. The lowest BCUT2D eigenvalue weighted by atomic mass is 10.0. The Kier molecular flexibility index (Phi) is 7.04. The molecule has 0 spiro atoms. The molecular weight excluding hydrogens is 546 g/mol. The predicted molar refractivity (Wildman–Crippen MR) is 163 cm³/mol. The van der Waals surface area contributed by atoms with Crippen molar-refractivity contribution in [2.45, 2.75) is 32.2 Å². The Morgan fingerprint density at radius 3 is 2.52 bits per heavy atom. The second-order valence-corrected chi connectivity index (χ2v) is 11.0. The Balaban J connectivity index is 1.10. The Morgan fingerprint density at radius 1 is 0.929 bits per heavy atom. The maximum absolute atomic E-state index is 9.05. The zero-order valence-electron chi connectivity index (χ0n) is 22.9. The van der Waals surface area contributed by atoms with E-state index in [-0.39, 0.29) is 5.82 Å². The first-order chi connectivity index (χ1) is 20.7. The van der Waals surface area contributed by atoms with Crippen molar-refractivity contribution >= 4 is 17.4 Å². The molecule has 8 nitrogen and oxygen atoms in total. The summed E-state index contributed by atoms with van der Waals surface area (Å²) in [7, 11) is 0. The number of likely N-dealkylation sites (tertiary alicyclic amines) is 1. The van der Waals surface area contributed by atoms with Gasteiger partial charge >= 0.3 is 0 Å². The van der Waals surface area contributed by atoms with Crippen molar-refractivity contribution < 1.29 is 4.74 Å². The van der Waals surface area contributed by atoms with Crippen LogP contribution < -0.4 is 10.1 Å². The SMILES string of the molecule is N#Cc1nccc(NC2CCN(Cc3ccc(-c4nc5n(c4-c4ccccc4)COc4cccc(Cl)c4-5)cc3)CC2)n1. The number of imidazole rings is 1. The van der Waals surface area contributed by atoms with Crippen molar-refractivity contribution in [2.24, 2.45) is 0 Å². The largest absolute Gasteiger partial charge is 0.472 e. The number of hydrogen-bond donors (Lipinski definition) is 1. The predicted octanol–water partition coefficient (Wildman–Crippen LogP) is 6.63. The van der Waals surface area contributed by atoms with Gasteiger partial charge in [-0.25, -0.2) is 15.0 Å². The molecule has 0 aliphatic carbocycles. The lowest BCUT2D eigenvalue weighted by Crippen LogP contribution is -2.38. The molecule has 0 radical (unpaired) electrons. The molecular formula is C33H28ClN7O. The van der Waals surface area contributed by atoms with Crippen LogP contribution in [0.25, 0.3) is 33.9 Å². The van der Waals surface area contributed by atoms with Gasteiger partial charge in [-0.1, -0.05) is 72.3 Å². The molecule has 0 bridgehead atoms. The number of anilines is 1. The third kappa shape index (κ3) is 5.09. The molecule has 4 heterocycles. The number of halogens is 1. The lowest BCUT2D eigenvalue weighted by molar-refractivity contribution is 0.211. The van der Waals surface area contributed by atoms with Crippen LogP contribution in [0.1, 0.15) is 24.2 Å². The van der Waals surface area contributed by atoms with E-state index in [2.05, 4.69) is 61.1 Å². The molecule has 0 atom stereocenters. The highest BCUT2D eigenvalue weighted by Crippen LogP contribution is 2.44. The molecule has 7 rings (SSSR count). The molecule has 1 saturated heterocycles. The summed E-state index contributed by atoms with van der Waals surface area (Å²) in [6, 6.07) is 28.9. The second kappa shape index (κ2) is 11.3. The van der Waals surface area contributed by atoms with Gasteiger partial charge in [0.1, 0.15) is 23.5 Å². The van der Waals surface area contributed by atoms with Crippen LogP contribution in [-0.4, -0.2) is 43.6 Å². The monoisotopic (exact) mass is 573 g/mol. The van der Waals surface area contributed by atoms with E-state index in [0.717, 1.165) is 72.1 Å². The minimum absolute atomic E-state index is 0.189. The standard InChI is InChI=1S/C33H28ClN7O/c34-26-7-4-8-27-30(26)33-39-31(32(41(33)21-42-27)24-5-2-1-3-6-24)23-11-9-22(10-12-23)20-40-17-14-25(15-18-40)37-28-13-16-36-29(19-35)38-28/h1-13,16,25H,14-15,17-18,20-21H2,(H,36,37,38). The Hall–Kier alpha value is -4.71. The summed E-state index contributed by atoms with van der Waals surface area (Å²) in [5.41, 5.74) is 6.16. The number of aromatic nitrogens is 4. The Morgan fingerprint density at radius 2 is 1.74 bits per heavy atom. The number of nitriles is 1. The van der Waals surface area contributed by atoms with E-state index in [4.69, 9.17) is 26.6 Å². The van der Waals surface area contributed by atoms with E-state index in [9.17, 15) is 0 Å². The lowest BCUT2D eigenvalue weighted by Gasteiger charge is -2.32. The quantitative estimate of drug-likeness (QED) is 0.244. The van der Waals surface area contributed by atoms with Gasteiger partial charge in [0.25, 0.3) is 0 Å². The van der Waals surface area contributed by atoms with Crippen molar-refractivity contribution in [3.8, 4) is 45.7 Å². The summed E-state index contributed by atoms with van der Waals surface area (Å²) < 4.78 is 8.22. The molecule has 5 aromatic rings. The van der Waals surface area contributed by atoms with E-state index in [1.165, 1.54) is 5.56 Å². The van der Waals surface area contributed by atoms with Crippen LogP contribution in [0.15, 0.2) is 85.1 Å². The summed E-state index contributed by atoms with van der Waals surface area (Å²) in [5.74, 6) is 2.48. The van der Waals surface area contributed by atoms with Gasteiger partial charge in [0.05, 0.1) is 22.0 Å². The molecule has 2 aliphatic heterocycles. The van der Waals surface area contributed by atoms with Crippen LogP contribution in [0.5, 0.6) is 5.75 Å². The molecule has 3 aromatic carbocycles. The van der Waals surface area contributed by atoms with E-state index >= 15 is 0 Å². The number of piperidine rings is 1. The van der Waals surface area contributed by atoms with Crippen molar-refractivity contribution in [1.29, 1.82) is 5.26 Å². The molecule has 2 aromatic heterocycles. The highest BCUT2D eigenvalue weighted by Gasteiger charge is 2.28. The van der Waals surface area contributed by atoms with Crippen LogP contribution in [-0.2, 0) is 13.3 Å². The van der Waals surface area contributed by atoms with E-state index in [1.54, 1.807) is 6.20 Å². The third-order valence-electron chi connectivity index (χ3n) is 7.89. The third-order valence-corrected chi connectivity index (χ3v) is 8.21. The molecule has 0 amide bonds. The van der Waals surface area contributed by atoms with Gasteiger partial charge in [-0.3, -0.25) is 9.47 Å². The van der Waals surface area contributed by atoms with Gasteiger partial charge in [0.2, 0.25) is 5.82 Å². The zero-order chi connectivity index (χ0) is 28.5. The summed E-state index contributed by atoms with van der Waals surface area (Å²) in [4.78, 5) is 15.8. The number of fused-ring (bicyclic) bond motifs is 3. The molecule has 208 valence electrons. The van der Waals surface area contributed by atoms with Crippen LogP contribution in [0, 0.1) is 11.3 Å². The average molecular weight is 574 g/mol. The van der Waals surface area contributed by atoms with Gasteiger partial charge < -0.3 is 10.1 Å². The maximum Gasteiger partial charge on any atom is 0.234 e. The van der Waals surface area contributed by atoms with Crippen LogP contribution >= 0.6 is 11.6 Å². The topological polar surface area (TPSA) is 91.9 Å². The first-order valence-electron chi connectivity index (χ1n) is 14.1. The van der Waals surface area contributed by atoms with Crippen molar-refractivity contribution in [2.75, 3.05) is 18.4 Å². The van der Waals surface area contributed by atoms with Crippen molar-refractivity contribution in [3.05, 3.63) is 101 Å². The second-order valence-electron chi connectivity index (χ2n) is 10.6. The number of nitrogens with zero attached hydrogens (tertiary/aromatic N) is 6. The van der Waals surface area contributed by atoms with E-state index < -0.39 is 0 Å². The number of nitrogens with one attached hydrogen (secondary N) is 1. The molecule has 0 saturated carbocycles. The van der Waals surface area contributed by atoms with Gasteiger partial charge in [0, 0.05) is 43.0 Å². The fourth-order valence-electron chi connectivity index (χ4n) is 5.80. The summed E-state index contributed by atoms with van der Waals surface area (Å²) in [6.45, 7) is 3.24. The van der Waals surface area contributed by atoms with Gasteiger partial charge in [0.15, 0.2) is 6.73 Å².